The van der Waals surface area contributed by atoms with Gasteiger partial charge >= 0.3 is 0 Å². The molecule has 0 saturated carbocycles. The Labute approximate surface area is 149 Å². The minimum Gasteiger partial charge on any atom is -0.494 e. The van der Waals surface area contributed by atoms with Crippen molar-refractivity contribution in [2.24, 2.45) is 4.99 Å². The molecule has 1 aromatic carbocycles. The molecule has 1 heterocycles. The van der Waals surface area contributed by atoms with E-state index < -0.39 is 5.56 Å². The first kappa shape index (κ1) is 18.0. The molecule has 0 aliphatic carbocycles. The van der Waals surface area contributed by atoms with Crippen molar-refractivity contribution in [3.8, 4) is 11.9 Å². The second-order valence-corrected chi connectivity index (χ2v) is 6.31. The molecule has 0 aliphatic heterocycles. The molecule has 2 rings (SSSR count). The summed E-state index contributed by atoms with van der Waals surface area (Å²) in [5.74, 6) is -0.147. The summed E-state index contributed by atoms with van der Waals surface area (Å²) in [6.45, 7) is 4.01. The number of aromatic nitrogens is 1. The minimum absolute atomic E-state index is 0.0427. The summed E-state index contributed by atoms with van der Waals surface area (Å²) in [5.41, 5.74) is 1.13. The fraction of sp³-hybridized carbons (Fsp3) is 0.278. The lowest BCUT2D eigenvalue weighted by atomic mass is 10.1. The number of pyridine rings is 1. The molecular weight excluding hydrogens is 370 g/mol. The van der Waals surface area contributed by atoms with Gasteiger partial charge in [0, 0.05) is 17.2 Å². The Morgan fingerprint density at radius 2 is 2.04 bits per heavy atom. The first-order valence-electron chi connectivity index (χ1n) is 7.65. The molecule has 0 saturated heterocycles. The zero-order chi connectivity index (χ0) is 17.7. The van der Waals surface area contributed by atoms with E-state index in [9.17, 15) is 15.2 Å². The zero-order valence-electron chi connectivity index (χ0n) is 13.6. The molecule has 0 atom stereocenters. The Balaban J connectivity index is 2.54. The second kappa shape index (κ2) is 7.93. The van der Waals surface area contributed by atoms with Gasteiger partial charge in [-0.1, -0.05) is 29.3 Å². The van der Waals surface area contributed by atoms with Crippen molar-refractivity contribution in [2.45, 2.75) is 33.2 Å². The van der Waals surface area contributed by atoms with Gasteiger partial charge in [0.1, 0.15) is 11.6 Å². The Bertz CT molecular complexity index is 862. The van der Waals surface area contributed by atoms with Gasteiger partial charge in [-0.25, -0.2) is 0 Å². The Morgan fingerprint density at radius 3 is 2.62 bits per heavy atom. The smallest absolute Gasteiger partial charge is 0.271 e. The maximum atomic E-state index is 12.3. The van der Waals surface area contributed by atoms with Gasteiger partial charge in [0.2, 0.25) is 5.88 Å². The van der Waals surface area contributed by atoms with Crippen LogP contribution in [0.5, 0.6) is 5.88 Å². The minimum atomic E-state index is -0.457. The van der Waals surface area contributed by atoms with E-state index in [1.165, 1.54) is 10.8 Å². The summed E-state index contributed by atoms with van der Waals surface area (Å²) in [6.07, 6.45) is 3.12. The molecule has 1 N–H and O–H groups in total. The van der Waals surface area contributed by atoms with Crippen LogP contribution in [0.3, 0.4) is 0 Å². The molecular formula is C18H18BrN3O2. The van der Waals surface area contributed by atoms with Crippen molar-refractivity contribution in [3.05, 3.63) is 55.8 Å². The fourth-order valence-corrected chi connectivity index (χ4v) is 2.58. The molecule has 24 heavy (non-hydrogen) atoms. The standard InChI is InChI=1S/C18H18BrN3O2/c1-3-4-9-22-17(23)15(10-20)12(2)16(18(22)24)11-21-14-7-5-13(19)6-8-14/h5-8,11,24H,3-4,9H2,1-2H3. The number of rotatable bonds is 5. The number of hydrogen-bond acceptors (Lipinski definition) is 4. The lowest BCUT2D eigenvalue weighted by molar-refractivity contribution is 0.400. The van der Waals surface area contributed by atoms with Gasteiger partial charge in [-0.2, -0.15) is 5.26 Å². The van der Waals surface area contributed by atoms with Crippen LogP contribution >= 0.6 is 15.9 Å². The van der Waals surface area contributed by atoms with Crippen LogP contribution in [-0.4, -0.2) is 15.9 Å². The Kier molecular flexibility index (Phi) is 5.93. The van der Waals surface area contributed by atoms with E-state index >= 15 is 0 Å². The van der Waals surface area contributed by atoms with Crippen molar-refractivity contribution in [2.75, 3.05) is 0 Å². The highest BCUT2D eigenvalue weighted by molar-refractivity contribution is 9.10. The number of unbranched alkanes of at least 4 members (excludes halogenated alkanes) is 1. The normalized spacial score (nSPS) is 10.9. The maximum absolute atomic E-state index is 12.3. The predicted molar refractivity (Wildman–Crippen MR) is 98.1 cm³/mol. The van der Waals surface area contributed by atoms with E-state index in [4.69, 9.17) is 0 Å². The summed E-state index contributed by atoms with van der Waals surface area (Å²) >= 11 is 3.36. The van der Waals surface area contributed by atoms with Crippen LogP contribution < -0.4 is 5.56 Å². The van der Waals surface area contributed by atoms with E-state index in [0.717, 1.165) is 17.3 Å². The highest BCUT2D eigenvalue weighted by atomic mass is 79.9. The summed E-state index contributed by atoms with van der Waals surface area (Å²) in [4.78, 5) is 16.7. The van der Waals surface area contributed by atoms with E-state index in [-0.39, 0.29) is 11.4 Å². The number of aromatic hydroxyl groups is 1. The number of benzene rings is 1. The number of nitriles is 1. The van der Waals surface area contributed by atoms with Gasteiger partial charge in [0.05, 0.1) is 11.3 Å². The highest BCUT2D eigenvalue weighted by Gasteiger charge is 2.17. The molecule has 6 heteroatoms. The van der Waals surface area contributed by atoms with E-state index in [1.54, 1.807) is 6.92 Å². The van der Waals surface area contributed by atoms with Crippen LogP contribution in [-0.2, 0) is 6.54 Å². The van der Waals surface area contributed by atoms with Gasteiger partial charge in [0.15, 0.2) is 0 Å². The molecule has 0 unspecified atom stereocenters. The highest BCUT2D eigenvalue weighted by Crippen LogP contribution is 2.22. The van der Waals surface area contributed by atoms with E-state index in [1.807, 2.05) is 37.3 Å². The van der Waals surface area contributed by atoms with Crippen molar-refractivity contribution in [1.82, 2.24) is 4.57 Å². The Morgan fingerprint density at radius 1 is 1.38 bits per heavy atom. The van der Waals surface area contributed by atoms with Crippen LogP contribution in [0.25, 0.3) is 0 Å². The average Bonchev–Trinajstić information content (AvgIpc) is 2.57. The number of halogens is 1. The van der Waals surface area contributed by atoms with Crippen LogP contribution in [0.2, 0.25) is 0 Å². The lowest BCUT2D eigenvalue weighted by Crippen LogP contribution is -2.25. The van der Waals surface area contributed by atoms with Crippen LogP contribution in [0, 0.1) is 18.3 Å². The summed E-state index contributed by atoms with van der Waals surface area (Å²) in [6, 6.07) is 9.32. The van der Waals surface area contributed by atoms with Gasteiger partial charge in [-0.15, -0.1) is 0 Å². The van der Waals surface area contributed by atoms with Gasteiger partial charge in [-0.3, -0.25) is 14.4 Å². The van der Waals surface area contributed by atoms with Crippen molar-refractivity contribution < 1.29 is 5.11 Å². The molecule has 0 amide bonds. The molecule has 1 aromatic heterocycles. The Hall–Kier alpha value is -2.39. The van der Waals surface area contributed by atoms with Gasteiger partial charge in [-0.05, 0) is 43.2 Å². The van der Waals surface area contributed by atoms with Crippen LogP contribution in [0.4, 0.5) is 5.69 Å². The molecule has 0 fully saturated rings. The van der Waals surface area contributed by atoms with Crippen molar-refractivity contribution in [3.63, 3.8) is 0 Å². The predicted octanol–water partition coefficient (Wildman–Crippen LogP) is 4.05. The summed E-state index contributed by atoms with van der Waals surface area (Å²) in [7, 11) is 0. The summed E-state index contributed by atoms with van der Waals surface area (Å²) in [5, 5.41) is 19.8. The van der Waals surface area contributed by atoms with Crippen LogP contribution in [0.15, 0.2) is 38.5 Å². The molecule has 2 aromatic rings. The van der Waals surface area contributed by atoms with E-state index in [0.29, 0.717) is 23.4 Å². The second-order valence-electron chi connectivity index (χ2n) is 5.39. The molecule has 0 bridgehead atoms. The number of nitrogens with zero attached hydrogens (tertiary/aromatic N) is 3. The monoisotopic (exact) mass is 387 g/mol. The summed E-state index contributed by atoms with van der Waals surface area (Å²) < 4.78 is 2.19. The third-order valence-corrected chi connectivity index (χ3v) is 4.28. The van der Waals surface area contributed by atoms with Crippen molar-refractivity contribution in [1.29, 1.82) is 5.26 Å². The third kappa shape index (κ3) is 3.74. The number of aliphatic imine (C=N–C) groups is 1. The molecule has 0 radical (unpaired) electrons. The molecule has 124 valence electrons. The first-order chi connectivity index (χ1) is 11.5. The van der Waals surface area contributed by atoms with Gasteiger partial charge < -0.3 is 5.11 Å². The average molecular weight is 388 g/mol. The fourth-order valence-electron chi connectivity index (χ4n) is 2.32. The third-order valence-electron chi connectivity index (χ3n) is 3.75. The largest absolute Gasteiger partial charge is 0.494 e. The number of hydrogen-bond donors (Lipinski definition) is 1. The van der Waals surface area contributed by atoms with E-state index in [2.05, 4.69) is 20.9 Å². The molecule has 0 aliphatic rings. The van der Waals surface area contributed by atoms with Crippen molar-refractivity contribution >= 4 is 27.8 Å². The van der Waals surface area contributed by atoms with Crippen LogP contribution in [0.1, 0.15) is 36.5 Å². The molecule has 0 spiro atoms. The van der Waals surface area contributed by atoms with Gasteiger partial charge in [0.25, 0.3) is 5.56 Å². The molecule has 5 nitrogen and oxygen atoms in total. The maximum Gasteiger partial charge on any atom is 0.271 e. The first-order valence-corrected chi connectivity index (χ1v) is 8.45. The SMILES string of the molecule is CCCCn1c(O)c(C=Nc2ccc(Br)cc2)c(C)c(C#N)c1=O. The quantitative estimate of drug-likeness (QED) is 0.785. The lowest BCUT2D eigenvalue weighted by Gasteiger charge is -2.13. The topological polar surface area (TPSA) is 78.4 Å². The zero-order valence-corrected chi connectivity index (χ0v) is 15.2.